The summed E-state index contributed by atoms with van der Waals surface area (Å²) in [4.78, 5) is 32.8. The molecule has 88 valence electrons. The zero-order chi connectivity index (χ0) is 12.1. The fraction of sp³-hybridized carbons (Fsp3) is 0.500. The molecule has 1 fully saturated rings. The van der Waals surface area contributed by atoms with Gasteiger partial charge in [0.1, 0.15) is 6.61 Å². The standard InChI is InChI=1S/C10H12O6/c1-6(5-15-7(2)11)9(12)16-8-3-4-14-10(8)13/h8H,1,3-5H2,2H3. The van der Waals surface area contributed by atoms with Crippen LogP contribution in [0.15, 0.2) is 12.2 Å². The fourth-order valence-electron chi connectivity index (χ4n) is 1.04. The second kappa shape index (κ2) is 5.29. The number of esters is 3. The van der Waals surface area contributed by atoms with E-state index in [1.54, 1.807) is 0 Å². The molecule has 0 aliphatic carbocycles. The van der Waals surface area contributed by atoms with Crippen LogP contribution in [0.2, 0.25) is 0 Å². The van der Waals surface area contributed by atoms with E-state index < -0.39 is 24.0 Å². The van der Waals surface area contributed by atoms with Crippen molar-refractivity contribution in [2.24, 2.45) is 0 Å². The van der Waals surface area contributed by atoms with E-state index in [0.717, 1.165) is 0 Å². The van der Waals surface area contributed by atoms with Crippen LogP contribution < -0.4 is 0 Å². The highest BCUT2D eigenvalue weighted by atomic mass is 16.6. The van der Waals surface area contributed by atoms with Gasteiger partial charge in [0, 0.05) is 13.3 Å². The molecule has 0 aromatic heterocycles. The number of rotatable bonds is 4. The van der Waals surface area contributed by atoms with Crippen molar-refractivity contribution in [3.63, 3.8) is 0 Å². The summed E-state index contributed by atoms with van der Waals surface area (Å²) >= 11 is 0. The van der Waals surface area contributed by atoms with Gasteiger partial charge in [-0.05, 0) is 0 Å². The molecular weight excluding hydrogens is 216 g/mol. The van der Waals surface area contributed by atoms with Crippen LogP contribution in [-0.4, -0.2) is 37.2 Å². The van der Waals surface area contributed by atoms with E-state index in [0.29, 0.717) is 6.42 Å². The van der Waals surface area contributed by atoms with E-state index in [2.05, 4.69) is 16.1 Å². The molecule has 0 aromatic rings. The first-order valence-corrected chi connectivity index (χ1v) is 4.69. The molecule has 0 aromatic carbocycles. The Labute approximate surface area is 92.2 Å². The van der Waals surface area contributed by atoms with Crippen molar-refractivity contribution < 1.29 is 28.6 Å². The largest absolute Gasteiger partial charge is 0.463 e. The molecule has 0 amide bonds. The van der Waals surface area contributed by atoms with Crippen LogP contribution in [0.3, 0.4) is 0 Å². The lowest BCUT2D eigenvalue weighted by atomic mass is 10.3. The van der Waals surface area contributed by atoms with Gasteiger partial charge in [-0.3, -0.25) is 4.79 Å². The number of cyclic esters (lactones) is 1. The minimum Gasteiger partial charge on any atom is -0.463 e. The average molecular weight is 228 g/mol. The first-order chi connectivity index (χ1) is 7.50. The van der Waals surface area contributed by atoms with Gasteiger partial charge in [0.15, 0.2) is 0 Å². The highest BCUT2D eigenvalue weighted by molar-refractivity contribution is 5.90. The van der Waals surface area contributed by atoms with Gasteiger partial charge in [-0.15, -0.1) is 0 Å². The predicted octanol–water partition coefficient (Wildman–Crippen LogP) is -0.0356. The van der Waals surface area contributed by atoms with Crippen molar-refractivity contribution in [2.75, 3.05) is 13.2 Å². The van der Waals surface area contributed by atoms with Crippen molar-refractivity contribution >= 4 is 17.9 Å². The number of ether oxygens (including phenoxy) is 3. The molecule has 1 heterocycles. The second-order valence-corrected chi connectivity index (χ2v) is 3.23. The summed E-state index contributed by atoms with van der Waals surface area (Å²) in [5.74, 6) is -1.84. The lowest BCUT2D eigenvalue weighted by Crippen LogP contribution is -2.24. The first-order valence-electron chi connectivity index (χ1n) is 4.69. The Morgan fingerprint density at radius 3 is 2.75 bits per heavy atom. The van der Waals surface area contributed by atoms with E-state index in [4.69, 9.17) is 4.74 Å². The third-order valence-electron chi connectivity index (χ3n) is 1.87. The van der Waals surface area contributed by atoms with Crippen molar-refractivity contribution in [3.8, 4) is 0 Å². The molecule has 1 aliphatic heterocycles. The van der Waals surface area contributed by atoms with E-state index in [1.165, 1.54) is 6.92 Å². The Morgan fingerprint density at radius 2 is 2.25 bits per heavy atom. The van der Waals surface area contributed by atoms with Gasteiger partial charge in [0.25, 0.3) is 0 Å². The molecule has 0 saturated carbocycles. The van der Waals surface area contributed by atoms with Gasteiger partial charge in [-0.25, -0.2) is 9.59 Å². The lowest BCUT2D eigenvalue weighted by Gasteiger charge is -2.09. The monoisotopic (exact) mass is 228 g/mol. The highest BCUT2D eigenvalue weighted by Gasteiger charge is 2.30. The minimum atomic E-state index is -0.874. The van der Waals surface area contributed by atoms with Crippen LogP contribution in [0, 0.1) is 0 Å². The molecule has 0 N–H and O–H groups in total. The zero-order valence-electron chi connectivity index (χ0n) is 8.86. The molecule has 0 spiro atoms. The Morgan fingerprint density at radius 1 is 1.56 bits per heavy atom. The predicted molar refractivity (Wildman–Crippen MR) is 51.2 cm³/mol. The summed E-state index contributed by atoms with van der Waals surface area (Å²) in [7, 11) is 0. The summed E-state index contributed by atoms with van der Waals surface area (Å²) in [6.45, 7) is 4.61. The fourth-order valence-corrected chi connectivity index (χ4v) is 1.04. The van der Waals surface area contributed by atoms with E-state index in [9.17, 15) is 14.4 Å². The highest BCUT2D eigenvalue weighted by Crippen LogP contribution is 2.12. The van der Waals surface area contributed by atoms with Gasteiger partial charge < -0.3 is 14.2 Å². The van der Waals surface area contributed by atoms with Crippen LogP contribution in [0.4, 0.5) is 0 Å². The molecule has 1 saturated heterocycles. The summed E-state index contributed by atoms with van der Waals surface area (Å²) in [6.07, 6.45) is -0.535. The van der Waals surface area contributed by atoms with Gasteiger partial charge in [0.2, 0.25) is 6.10 Å². The van der Waals surface area contributed by atoms with Gasteiger partial charge in [0.05, 0.1) is 12.2 Å². The smallest absolute Gasteiger partial charge is 0.347 e. The quantitative estimate of drug-likeness (QED) is 0.382. The van der Waals surface area contributed by atoms with Gasteiger partial charge in [-0.2, -0.15) is 0 Å². The van der Waals surface area contributed by atoms with Gasteiger partial charge in [-0.1, -0.05) is 6.58 Å². The summed E-state index contributed by atoms with van der Waals surface area (Å²) in [5, 5.41) is 0. The lowest BCUT2D eigenvalue weighted by molar-refractivity contribution is -0.158. The maximum absolute atomic E-state index is 11.3. The SMILES string of the molecule is C=C(COC(C)=O)C(=O)OC1CCOC1=O. The second-order valence-electron chi connectivity index (χ2n) is 3.23. The molecule has 1 unspecified atom stereocenters. The molecule has 1 atom stereocenters. The third-order valence-corrected chi connectivity index (χ3v) is 1.87. The van der Waals surface area contributed by atoms with Crippen molar-refractivity contribution in [3.05, 3.63) is 12.2 Å². The summed E-state index contributed by atoms with van der Waals surface area (Å²) in [6, 6.07) is 0. The van der Waals surface area contributed by atoms with Crippen LogP contribution in [-0.2, 0) is 28.6 Å². The topological polar surface area (TPSA) is 78.9 Å². The minimum absolute atomic E-state index is 0.0186. The number of hydrogen-bond acceptors (Lipinski definition) is 6. The normalized spacial score (nSPS) is 18.8. The Kier molecular flexibility index (Phi) is 4.04. The Bertz CT molecular complexity index is 332. The van der Waals surface area contributed by atoms with Crippen LogP contribution in [0.5, 0.6) is 0 Å². The van der Waals surface area contributed by atoms with Crippen molar-refractivity contribution in [2.45, 2.75) is 19.4 Å². The molecule has 0 bridgehead atoms. The maximum atomic E-state index is 11.3. The zero-order valence-corrected chi connectivity index (χ0v) is 8.86. The maximum Gasteiger partial charge on any atom is 0.347 e. The molecule has 1 rings (SSSR count). The van der Waals surface area contributed by atoms with E-state index in [1.807, 2.05) is 0 Å². The molecule has 0 radical (unpaired) electrons. The molecular formula is C10H12O6. The van der Waals surface area contributed by atoms with E-state index >= 15 is 0 Å². The summed E-state index contributed by atoms with van der Waals surface area (Å²) < 4.78 is 14.0. The first kappa shape index (κ1) is 12.2. The number of carbonyl (C=O) groups excluding carboxylic acids is 3. The van der Waals surface area contributed by atoms with Crippen LogP contribution >= 0.6 is 0 Å². The number of hydrogen-bond donors (Lipinski definition) is 0. The third kappa shape index (κ3) is 3.38. The Hall–Kier alpha value is -1.85. The molecule has 16 heavy (non-hydrogen) atoms. The van der Waals surface area contributed by atoms with Crippen LogP contribution in [0.25, 0.3) is 0 Å². The van der Waals surface area contributed by atoms with Crippen LogP contribution in [0.1, 0.15) is 13.3 Å². The summed E-state index contributed by atoms with van der Waals surface area (Å²) in [5.41, 5.74) is -0.0186. The molecule has 6 nitrogen and oxygen atoms in total. The van der Waals surface area contributed by atoms with Crippen molar-refractivity contribution in [1.29, 1.82) is 0 Å². The van der Waals surface area contributed by atoms with Gasteiger partial charge >= 0.3 is 17.9 Å². The molecule has 6 heteroatoms. The molecule has 1 aliphatic rings. The van der Waals surface area contributed by atoms with Crippen molar-refractivity contribution in [1.82, 2.24) is 0 Å². The number of carbonyl (C=O) groups is 3. The average Bonchev–Trinajstić information content (AvgIpc) is 2.60. The Balaban J connectivity index is 2.36. The van der Waals surface area contributed by atoms with E-state index in [-0.39, 0.29) is 18.8 Å².